The molecule has 1 unspecified atom stereocenters. The van der Waals surface area contributed by atoms with Crippen LogP contribution in [0.25, 0.3) is 0 Å². The quantitative estimate of drug-likeness (QED) is 0.642. The highest BCUT2D eigenvalue weighted by Gasteiger charge is 2.34. The molecule has 0 spiro atoms. The molecule has 0 aromatic heterocycles. The van der Waals surface area contributed by atoms with Crippen molar-refractivity contribution < 1.29 is 14.6 Å². The molecule has 0 radical (unpaired) electrons. The van der Waals surface area contributed by atoms with Gasteiger partial charge in [-0.25, -0.2) is 4.79 Å². The van der Waals surface area contributed by atoms with Crippen LogP contribution in [0.4, 0.5) is 0 Å². The van der Waals surface area contributed by atoms with E-state index < -0.39 is 11.6 Å². The minimum absolute atomic E-state index is 0.330. The zero-order valence-corrected chi connectivity index (χ0v) is 10.1. The lowest BCUT2D eigenvalue weighted by molar-refractivity contribution is -0.162. The number of nitrogens with zero attached hydrogens (tertiary/aromatic N) is 1. The number of rotatable bonds is 4. The Morgan fingerprint density at radius 2 is 2.12 bits per heavy atom. The number of piperidine rings is 1. The lowest BCUT2D eigenvalue weighted by atomic mass is 9.95. The minimum atomic E-state index is -1.41. The average molecular weight is 230 g/mol. The first-order valence-corrected chi connectivity index (χ1v) is 5.73. The minimum Gasteiger partial charge on any atom is -0.467 e. The van der Waals surface area contributed by atoms with E-state index in [0.717, 1.165) is 32.5 Å². The molecular weight excluding hydrogens is 208 g/mol. The fraction of sp³-hybridized carbons (Fsp3) is 0.909. The monoisotopic (exact) mass is 230 g/mol. The van der Waals surface area contributed by atoms with Crippen molar-refractivity contribution in [3.8, 4) is 0 Å². The number of carbonyl (C=O) groups is 1. The molecule has 1 heterocycles. The van der Waals surface area contributed by atoms with Gasteiger partial charge in [0.25, 0.3) is 0 Å². The van der Waals surface area contributed by atoms with Crippen LogP contribution in [-0.2, 0) is 9.53 Å². The molecular formula is C11H22N2O3. The predicted molar refractivity (Wildman–Crippen MR) is 60.9 cm³/mol. The third-order valence-corrected chi connectivity index (χ3v) is 3.20. The highest BCUT2D eigenvalue weighted by molar-refractivity contribution is 5.78. The molecule has 0 amide bonds. The Kier molecular flexibility index (Phi) is 4.70. The normalized spacial score (nSPS) is 22.8. The topological polar surface area (TPSA) is 75.8 Å². The Morgan fingerprint density at radius 1 is 1.56 bits per heavy atom. The van der Waals surface area contributed by atoms with E-state index in [1.165, 1.54) is 14.0 Å². The molecule has 5 nitrogen and oxygen atoms in total. The molecule has 16 heavy (non-hydrogen) atoms. The number of esters is 1. The van der Waals surface area contributed by atoms with Crippen LogP contribution in [0.5, 0.6) is 0 Å². The molecule has 1 fully saturated rings. The van der Waals surface area contributed by atoms with E-state index in [9.17, 15) is 9.90 Å². The summed E-state index contributed by atoms with van der Waals surface area (Å²) in [7, 11) is 1.29. The molecule has 1 atom stereocenters. The Labute approximate surface area is 96.6 Å². The highest BCUT2D eigenvalue weighted by atomic mass is 16.5. The number of methoxy groups -OCH3 is 1. The van der Waals surface area contributed by atoms with Crippen molar-refractivity contribution in [2.24, 2.45) is 11.7 Å². The lowest BCUT2D eigenvalue weighted by Gasteiger charge is -2.35. The molecule has 1 aliphatic heterocycles. The van der Waals surface area contributed by atoms with Gasteiger partial charge in [-0.1, -0.05) is 0 Å². The van der Waals surface area contributed by atoms with Crippen LogP contribution in [0.1, 0.15) is 19.8 Å². The van der Waals surface area contributed by atoms with Gasteiger partial charge in [-0.2, -0.15) is 0 Å². The van der Waals surface area contributed by atoms with Gasteiger partial charge in [0.15, 0.2) is 5.60 Å². The molecule has 0 aromatic carbocycles. The van der Waals surface area contributed by atoms with Crippen LogP contribution in [-0.4, -0.2) is 54.9 Å². The van der Waals surface area contributed by atoms with Crippen LogP contribution >= 0.6 is 0 Å². The molecule has 1 aliphatic rings. The standard InChI is InChI=1S/C11H22N2O3/c1-11(15,10(14)16-2)8-13-5-3-9(7-12)4-6-13/h9,15H,3-8,12H2,1-2H3. The van der Waals surface area contributed by atoms with Gasteiger partial charge in [0, 0.05) is 6.54 Å². The lowest BCUT2D eigenvalue weighted by Crippen LogP contribution is -2.49. The van der Waals surface area contributed by atoms with Gasteiger partial charge in [-0.05, 0) is 45.3 Å². The number of hydrogen-bond acceptors (Lipinski definition) is 5. The van der Waals surface area contributed by atoms with Crippen LogP contribution in [0.2, 0.25) is 0 Å². The number of ether oxygens (including phenoxy) is 1. The number of aliphatic hydroxyl groups is 1. The summed E-state index contributed by atoms with van der Waals surface area (Å²) in [6, 6.07) is 0. The van der Waals surface area contributed by atoms with Gasteiger partial charge in [0.05, 0.1) is 7.11 Å². The number of hydrogen-bond donors (Lipinski definition) is 2. The van der Waals surface area contributed by atoms with Crippen molar-refractivity contribution >= 4 is 5.97 Å². The van der Waals surface area contributed by atoms with Gasteiger partial charge < -0.3 is 15.6 Å². The third kappa shape index (κ3) is 3.43. The second-order valence-corrected chi connectivity index (χ2v) is 4.72. The number of nitrogens with two attached hydrogens (primary N) is 1. The smallest absolute Gasteiger partial charge is 0.338 e. The van der Waals surface area contributed by atoms with E-state index in [0.29, 0.717) is 12.5 Å². The molecule has 3 N–H and O–H groups in total. The molecule has 0 saturated carbocycles. The van der Waals surface area contributed by atoms with E-state index in [1.54, 1.807) is 0 Å². The van der Waals surface area contributed by atoms with E-state index in [1.807, 2.05) is 0 Å². The summed E-state index contributed by atoms with van der Waals surface area (Å²) in [5.41, 5.74) is 4.19. The van der Waals surface area contributed by atoms with Crippen LogP contribution < -0.4 is 5.73 Å². The van der Waals surface area contributed by atoms with Crippen LogP contribution in [0, 0.1) is 5.92 Å². The van der Waals surface area contributed by atoms with Crippen molar-refractivity contribution in [3.63, 3.8) is 0 Å². The van der Waals surface area contributed by atoms with Crippen molar-refractivity contribution in [1.29, 1.82) is 0 Å². The van der Waals surface area contributed by atoms with Crippen molar-refractivity contribution in [3.05, 3.63) is 0 Å². The fourth-order valence-electron chi connectivity index (χ4n) is 2.10. The Bertz CT molecular complexity index is 235. The largest absolute Gasteiger partial charge is 0.467 e. The maximum Gasteiger partial charge on any atom is 0.338 e. The molecule has 0 aromatic rings. The molecule has 0 bridgehead atoms. The van der Waals surface area contributed by atoms with E-state index in [4.69, 9.17) is 5.73 Å². The Balaban J connectivity index is 2.41. The van der Waals surface area contributed by atoms with Crippen molar-refractivity contribution in [1.82, 2.24) is 4.90 Å². The maximum absolute atomic E-state index is 11.3. The van der Waals surface area contributed by atoms with Crippen molar-refractivity contribution in [2.45, 2.75) is 25.4 Å². The Morgan fingerprint density at radius 3 is 2.56 bits per heavy atom. The molecule has 94 valence electrons. The van der Waals surface area contributed by atoms with Gasteiger partial charge in [-0.3, -0.25) is 4.90 Å². The zero-order chi connectivity index (χ0) is 12.2. The highest BCUT2D eigenvalue weighted by Crippen LogP contribution is 2.18. The molecule has 0 aliphatic carbocycles. The van der Waals surface area contributed by atoms with Gasteiger partial charge in [-0.15, -0.1) is 0 Å². The fourth-order valence-corrected chi connectivity index (χ4v) is 2.10. The molecule has 1 saturated heterocycles. The van der Waals surface area contributed by atoms with Crippen LogP contribution in [0.3, 0.4) is 0 Å². The summed E-state index contributed by atoms with van der Waals surface area (Å²) in [4.78, 5) is 13.4. The van der Waals surface area contributed by atoms with E-state index >= 15 is 0 Å². The van der Waals surface area contributed by atoms with E-state index in [-0.39, 0.29) is 0 Å². The summed E-state index contributed by atoms with van der Waals surface area (Å²) < 4.78 is 4.56. The summed E-state index contributed by atoms with van der Waals surface area (Å²) in [6.07, 6.45) is 2.07. The SMILES string of the molecule is COC(=O)C(C)(O)CN1CCC(CN)CC1. The summed E-state index contributed by atoms with van der Waals surface area (Å²) in [5.74, 6) is 0.00720. The van der Waals surface area contributed by atoms with Gasteiger partial charge in [0.2, 0.25) is 0 Å². The summed E-state index contributed by atoms with van der Waals surface area (Å²) >= 11 is 0. The van der Waals surface area contributed by atoms with Gasteiger partial charge >= 0.3 is 5.97 Å². The number of carbonyl (C=O) groups excluding carboxylic acids is 1. The van der Waals surface area contributed by atoms with Crippen LogP contribution in [0.15, 0.2) is 0 Å². The molecule has 1 rings (SSSR count). The number of β-amino-alcohol motifs (C(OH)–C–C–N with tert-alkyl or cyclic N) is 1. The van der Waals surface area contributed by atoms with Gasteiger partial charge in [0.1, 0.15) is 0 Å². The number of likely N-dealkylation sites (tertiary alicyclic amines) is 1. The zero-order valence-electron chi connectivity index (χ0n) is 10.1. The third-order valence-electron chi connectivity index (χ3n) is 3.20. The van der Waals surface area contributed by atoms with E-state index in [2.05, 4.69) is 9.64 Å². The Hall–Kier alpha value is -0.650. The average Bonchev–Trinajstić information content (AvgIpc) is 2.28. The molecule has 5 heteroatoms. The second kappa shape index (κ2) is 5.61. The first-order valence-electron chi connectivity index (χ1n) is 5.73. The summed E-state index contributed by atoms with van der Waals surface area (Å²) in [5, 5.41) is 9.92. The van der Waals surface area contributed by atoms with Crippen molar-refractivity contribution in [2.75, 3.05) is 33.3 Å². The maximum atomic E-state index is 11.3. The first-order chi connectivity index (χ1) is 7.49. The summed E-state index contributed by atoms with van der Waals surface area (Å²) in [6.45, 7) is 4.32. The predicted octanol–water partition coefficient (Wildman–Crippen LogP) is -0.419. The first kappa shape index (κ1) is 13.4. The second-order valence-electron chi connectivity index (χ2n) is 4.72.